The molecule has 0 atom stereocenters. The quantitative estimate of drug-likeness (QED) is 0.269. The molecule has 0 saturated carbocycles. The second-order valence-electron chi connectivity index (χ2n) is 4.95. The van der Waals surface area contributed by atoms with Crippen molar-refractivity contribution >= 4 is 29.9 Å². The van der Waals surface area contributed by atoms with E-state index in [-0.39, 0.29) is 24.0 Å². The first-order valence-electron chi connectivity index (χ1n) is 7.55. The Morgan fingerprint density at radius 2 is 1.95 bits per heavy atom. The average molecular weight is 409 g/mol. The maximum Gasteiger partial charge on any atom is 0.228 e. The molecule has 21 heavy (non-hydrogen) atoms. The third kappa shape index (κ3) is 10.5. The Labute approximate surface area is 144 Å². The number of hydrogen-bond acceptors (Lipinski definition) is 4. The summed E-state index contributed by atoms with van der Waals surface area (Å²) in [6, 6.07) is 0. The van der Waals surface area contributed by atoms with Gasteiger partial charge in [-0.2, -0.15) is 4.98 Å². The lowest BCUT2D eigenvalue weighted by Crippen LogP contribution is -2.33. The number of aliphatic imine (C=N–C) groups is 1. The number of aromatic nitrogens is 2. The molecule has 0 amide bonds. The Kier molecular flexibility index (Phi) is 12.3. The summed E-state index contributed by atoms with van der Waals surface area (Å²) in [5.74, 6) is 1.78. The smallest absolute Gasteiger partial charge is 0.228 e. The highest BCUT2D eigenvalue weighted by atomic mass is 127. The van der Waals surface area contributed by atoms with E-state index < -0.39 is 0 Å². The summed E-state index contributed by atoms with van der Waals surface area (Å²) >= 11 is 0. The van der Waals surface area contributed by atoms with E-state index >= 15 is 0 Å². The predicted octanol–water partition coefficient (Wildman–Crippen LogP) is 2.80. The van der Waals surface area contributed by atoms with Crippen molar-refractivity contribution in [2.45, 2.75) is 58.8 Å². The third-order valence-electron chi connectivity index (χ3n) is 3.01. The van der Waals surface area contributed by atoms with Crippen LogP contribution >= 0.6 is 24.0 Å². The Hall–Kier alpha value is -0.860. The highest BCUT2D eigenvalue weighted by Crippen LogP contribution is 2.04. The lowest BCUT2D eigenvalue weighted by molar-refractivity contribution is 0.374. The van der Waals surface area contributed by atoms with Gasteiger partial charge in [0.2, 0.25) is 5.89 Å². The molecule has 1 aromatic rings. The van der Waals surface area contributed by atoms with Gasteiger partial charge in [-0.05, 0) is 13.3 Å². The molecular weight excluding hydrogens is 381 g/mol. The number of nitrogens with zero attached hydrogens (tertiary/aromatic N) is 3. The highest BCUT2D eigenvalue weighted by Gasteiger charge is 2.01. The van der Waals surface area contributed by atoms with Crippen molar-refractivity contribution in [1.29, 1.82) is 0 Å². The van der Waals surface area contributed by atoms with Crippen LogP contribution in [0.2, 0.25) is 0 Å². The van der Waals surface area contributed by atoms with Crippen molar-refractivity contribution in [2.24, 2.45) is 10.7 Å². The SMILES string of the molecule is CCCCCCCCN=C(N)NCCc1nc(C)no1.I. The van der Waals surface area contributed by atoms with Crippen LogP contribution < -0.4 is 11.1 Å². The molecule has 0 aromatic carbocycles. The number of guanidine groups is 1. The lowest BCUT2D eigenvalue weighted by atomic mass is 10.1. The average Bonchev–Trinajstić information content (AvgIpc) is 2.83. The minimum atomic E-state index is 0. The van der Waals surface area contributed by atoms with Gasteiger partial charge in [0, 0.05) is 19.5 Å². The van der Waals surface area contributed by atoms with Crippen molar-refractivity contribution in [3.63, 3.8) is 0 Å². The molecule has 0 saturated heterocycles. The van der Waals surface area contributed by atoms with Crippen molar-refractivity contribution in [3.8, 4) is 0 Å². The second kappa shape index (κ2) is 12.8. The minimum absolute atomic E-state index is 0. The number of rotatable bonds is 10. The number of unbranched alkanes of at least 4 members (excludes halogenated alkanes) is 5. The molecule has 1 rings (SSSR count). The largest absolute Gasteiger partial charge is 0.370 e. The number of halogens is 1. The number of nitrogens with two attached hydrogens (primary N) is 1. The zero-order chi connectivity index (χ0) is 14.6. The molecule has 3 N–H and O–H groups in total. The fourth-order valence-electron chi connectivity index (χ4n) is 1.89. The van der Waals surface area contributed by atoms with Crippen LogP contribution in [0.4, 0.5) is 0 Å². The van der Waals surface area contributed by atoms with Gasteiger partial charge in [-0.1, -0.05) is 44.2 Å². The molecule has 0 aliphatic rings. The van der Waals surface area contributed by atoms with Gasteiger partial charge < -0.3 is 15.6 Å². The maximum atomic E-state index is 5.78. The number of nitrogens with one attached hydrogen (secondary N) is 1. The van der Waals surface area contributed by atoms with Crippen molar-refractivity contribution in [3.05, 3.63) is 11.7 Å². The van der Waals surface area contributed by atoms with Crippen LogP contribution in [0.15, 0.2) is 9.52 Å². The monoisotopic (exact) mass is 409 g/mol. The van der Waals surface area contributed by atoms with Crippen molar-refractivity contribution < 1.29 is 4.52 Å². The fourth-order valence-corrected chi connectivity index (χ4v) is 1.89. The molecule has 0 aliphatic carbocycles. The van der Waals surface area contributed by atoms with Crippen LogP contribution in [0, 0.1) is 6.92 Å². The Bertz CT molecular complexity index is 394. The Balaban J connectivity index is 0.00000400. The molecule has 1 aromatic heterocycles. The molecule has 0 aliphatic heterocycles. The molecule has 0 fully saturated rings. The van der Waals surface area contributed by atoms with Gasteiger partial charge in [-0.15, -0.1) is 24.0 Å². The summed E-state index contributed by atoms with van der Waals surface area (Å²) in [5, 5.41) is 6.78. The summed E-state index contributed by atoms with van der Waals surface area (Å²) in [6.45, 7) is 5.49. The van der Waals surface area contributed by atoms with Crippen LogP contribution in [-0.2, 0) is 6.42 Å². The molecule has 0 radical (unpaired) electrons. The number of hydrogen-bond donors (Lipinski definition) is 2. The molecule has 1 heterocycles. The molecular formula is C14H28IN5O. The fraction of sp³-hybridized carbons (Fsp3) is 0.786. The van der Waals surface area contributed by atoms with Gasteiger partial charge in [0.25, 0.3) is 0 Å². The Morgan fingerprint density at radius 1 is 1.24 bits per heavy atom. The summed E-state index contributed by atoms with van der Waals surface area (Å²) < 4.78 is 5.01. The molecule has 6 nitrogen and oxygen atoms in total. The van der Waals surface area contributed by atoms with E-state index in [9.17, 15) is 0 Å². The summed E-state index contributed by atoms with van der Waals surface area (Å²) in [7, 11) is 0. The van der Waals surface area contributed by atoms with Crippen molar-refractivity contribution in [2.75, 3.05) is 13.1 Å². The van der Waals surface area contributed by atoms with Gasteiger partial charge >= 0.3 is 0 Å². The zero-order valence-electron chi connectivity index (χ0n) is 13.1. The van der Waals surface area contributed by atoms with Crippen molar-refractivity contribution in [1.82, 2.24) is 15.5 Å². The first-order valence-corrected chi connectivity index (χ1v) is 7.55. The van der Waals surface area contributed by atoms with Gasteiger partial charge in [0.1, 0.15) is 0 Å². The predicted molar refractivity (Wildman–Crippen MR) is 96.0 cm³/mol. The maximum absolute atomic E-state index is 5.78. The topological polar surface area (TPSA) is 89.3 Å². The zero-order valence-corrected chi connectivity index (χ0v) is 15.4. The van der Waals surface area contributed by atoms with E-state index in [4.69, 9.17) is 10.3 Å². The van der Waals surface area contributed by atoms with Crippen LogP contribution in [0.3, 0.4) is 0 Å². The first-order chi connectivity index (χ1) is 9.72. The molecule has 122 valence electrons. The third-order valence-corrected chi connectivity index (χ3v) is 3.01. The van der Waals surface area contributed by atoms with Gasteiger partial charge in [-0.3, -0.25) is 4.99 Å². The lowest BCUT2D eigenvalue weighted by Gasteiger charge is -2.03. The van der Waals surface area contributed by atoms with Crippen LogP contribution in [0.25, 0.3) is 0 Å². The van der Waals surface area contributed by atoms with Gasteiger partial charge in [0.15, 0.2) is 11.8 Å². The van der Waals surface area contributed by atoms with E-state index in [2.05, 4.69) is 27.4 Å². The Morgan fingerprint density at radius 3 is 2.62 bits per heavy atom. The highest BCUT2D eigenvalue weighted by molar-refractivity contribution is 14.0. The minimum Gasteiger partial charge on any atom is -0.370 e. The molecule has 0 spiro atoms. The number of aryl methyl sites for hydroxylation is 1. The van der Waals surface area contributed by atoms with Crippen LogP contribution in [-0.4, -0.2) is 29.2 Å². The summed E-state index contributed by atoms with van der Waals surface area (Å²) in [5.41, 5.74) is 5.78. The summed E-state index contributed by atoms with van der Waals surface area (Å²) in [6.07, 6.45) is 8.25. The van der Waals surface area contributed by atoms with Gasteiger partial charge in [-0.25, -0.2) is 0 Å². The first kappa shape index (κ1) is 20.1. The van der Waals surface area contributed by atoms with Gasteiger partial charge in [0.05, 0.1) is 0 Å². The van der Waals surface area contributed by atoms with Crippen LogP contribution in [0.1, 0.15) is 57.2 Å². The standard InChI is InChI=1S/C14H27N5O.HI/c1-3-4-5-6-7-8-10-16-14(15)17-11-9-13-18-12(2)19-20-13;/h3-11H2,1-2H3,(H3,15,16,17);1H. The second-order valence-corrected chi connectivity index (χ2v) is 4.95. The molecule has 0 bridgehead atoms. The van der Waals surface area contributed by atoms with E-state index in [1.807, 2.05) is 0 Å². The molecule has 7 heteroatoms. The van der Waals surface area contributed by atoms with E-state index in [1.54, 1.807) is 6.92 Å². The summed E-state index contributed by atoms with van der Waals surface area (Å²) in [4.78, 5) is 8.42. The molecule has 0 unspecified atom stereocenters. The van der Waals surface area contributed by atoms with E-state index in [1.165, 1.54) is 32.1 Å². The van der Waals surface area contributed by atoms with E-state index in [0.29, 0.717) is 30.6 Å². The normalized spacial score (nSPS) is 11.2. The van der Waals surface area contributed by atoms with E-state index in [0.717, 1.165) is 13.0 Å². The van der Waals surface area contributed by atoms with Crippen LogP contribution in [0.5, 0.6) is 0 Å².